The summed E-state index contributed by atoms with van der Waals surface area (Å²) in [5.74, 6) is -0.176. The molecular weight excluding hydrogens is 318 g/mol. The van der Waals surface area contributed by atoms with Crippen LogP contribution in [0, 0.1) is 20.8 Å². The van der Waals surface area contributed by atoms with E-state index in [-0.39, 0.29) is 5.91 Å². The molecule has 2 rings (SSSR count). The predicted octanol–water partition coefficient (Wildman–Crippen LogP) is 3.75. The van der Waals surface area contributed by atoms with E-state index in [1.54, 1.807) is 6.08 Å². The van der Waals surface area contributed by atoms with Gasteiger partial charge in [-0.05, 0) is 44.0 Å². The topological polar surface area (TPSA) is 57.8 Å². The van der Waals surface area contributed by atoms with Crippen molar-refractivity contribution in [3.63, 3.8) is 0 Å². The number of nitrogens with one attached hydrogen (secondary N) is 2. The van der Waals surface area contributed by atoms with Gasteiger partial charge in [-0.15, -0.1) is 0 Å². The Hall–Kier alpha value is -1.88. The molecule has 0 aliphatic rings. The maximum atomic E-state index is 11.9. The van der Waals surface area contributed by atoms with Gasteiger partial charge in [0.2, 0.25) is 5.91 Å². The van der Waals surface area contributed by atoms with E-state index in [1.165, 1.54) is 11.6 Å². The van der Waals surface area contributed by atoms with Gasteiger partial charge in [0.05, 0.1) is 17.1 Å². The van der Waals surface area contributed by atoms with Crippen molar-refractivity contribution in [2.75, 3.05) is 5.32 Å². The molecule has 1 amide bonds. The number of hydrogen-bond donors (Lipinski definition) is 2. The summed E-state index contributed by atoms with van der Waals surface area (Å²) in [6.45, 7) is 5.74. The van der Waals surface area contributed by atoms with E-state index in [4.69, 9.17) is 0 Å². The van der Waals surface area contributed by atoms with Gasteiger partial charge >= 0.3 is 0 Å². The van der Waals surface area contributed by atoms with Crippen LogP contribution in [-0.4, -0.2) is 16.1 Å². The number of carbonyl (C=O) groups excluding carboxylic acids is 1. The van der Waals surface area contributed by atoms with Crippen molar-refractivity contribution in [2.24, 2.45) is 0 Å². The van der Waals surface area contributed by atoms with Crippen molar-refractivity contribution in [2.45, 2.75) is 20.8 Å². The van der Waals surface area contributed by atoms with E-state index in [9.17, 15) is 4.79 Å². The highest BCUT2D eigenvalue weighted by Crippen LogP contribution is 2.20. The predicted molar refractivity (Wildman–Crippen MR) is 84.6 cm³/mol. The Morgan fingerprint density at radius 2 is 2.10 bits per heavy atom. The fourth-order valence-electron chi connectivity index (χ4n) is 1.83. The summed E-state index contributed by atoms with van der Waals surface area (Å²) >= 11 is 3.48. The molecule has 0 unspecified atom stereocenters. The number of H-pyrrole nitrogens is 1. The van der Waals surface area contributed by atoms with Crippen molar-refractivity contribution < 1.29 is 4.79 Å². The number of anilines is 1. The van der Waals surface area contributed by atoms with Gasteiger partial charge < -0.3 is 5.32 Å². The monoisotopic (exact) mass is 333 g/mol. The molecule has 104 valence electrons. The van der Waals surface area contributed by atoms with Crippen LogP contribution < -0.4 is 5.32 Å². The lowest BCUT2D eigenvalue weighted by molar-refractivity contribution is -0.111. The number of benzene rings is 1. The summed E-state index contributed by atoms with van der Waals surface area (Å²) in [6, 6.07) is 5.99. The molecule has 1 aromatic heterocycles. The van der Waals surface area contributed by atoms with E-state index in [0.717, 1.165) is 27.1 Å². The quantitative estimate of drug-likeness (QED) is 0.840. The van der Waals surface area contributed by atoms with E-state index in [2.05, 4.69) is 31.4 Å². The van der Waals surface area contributed by atoms with Crippen molar-refractivity contribution in [3.8, 4) is 0 Å². The molecule has 0 saturated carbocycles. The summed E-state index contributed by atoms with van der Waals surface area (Å²) in [6.07, 6.45) is 3.30. The minimum absolute atomic E-state index is 0.176. The lowest BCUT2D eigenvalue weighted by Gasteiger charge is -2.02. The van der Waals surface area contributed by atoms with Crippen molar-refractivity contribution >= 4 is 33.6 Å². The molecule has 1 aromatic carbocycles. The third-order valence-electron chi connectivity index (χ3n) is 2.95. The van der Waals surface area contributed by atoms with Crippen molar-refractivity contribution in [1.82, 2.24) is 10.2 Å². The minimum atomic E-state index is -0.176. The average Bonchev–Trinajstić information content (AvgIpc) is 2.69. The number of hydrogen-bond acceptors (Lipinski definition) is 2. The molecule has 0 spiro atoms. The van der Waals surface area contributed by atoms with Gasteiger partial charge in [0.15, 0.2) is 0 Å². The van der Waals surface area contributed by atoms with Gasteiger partial charge in [-0.1, -0.05) is 28.1 Å². The van der Waals surface area contributed by atoms with E-state index in [1.807, 2.05) is 39.0 Å². The number of halogens is 1. The van der Waals surface area contributed by atoms with E-state index in [0.29, 0.717) is 0 Å². The first-order valence-electron chi connectivity index (χ1n) is 6.24. The van der Waals surface area contributed by atoms with Gasteiger partial charge in [-0.2, -0.15) is 5.10 Å². The number of aryl methyl sites for hydroxylation is 3. The summed E-state index contributed by atoms with van der Waals surface area (Å²) in [5, 5.41) is 9.70. The summed E-state index contributed by atoms with van der Waals surface area (Å²) in [5.41, 5.74) is 4.50. The fraction of sp³-hybridized carbons (Fsp3) is 0.200. The summed E-state index contributed by atoms with van der Waals surface area (Å²) < 4.78 is 0.970. The highest BCUT2D eigenvalue weighted by molar-refractivity contribution is 9.10. The first-order chi connectivity index (χ1) is 9.47. The van der Waals surface area contributed by atoms with Gasteiger partial charge in [0.1, 0.15) is 0 Å². The Balaban J connectivity index is 2.10. The molecule has 0 radical (unpaired) electrons. The average molecular weight is 334 g/mol. The Morgan fingerprint density at radius 1 is 1.35 bits per heavy atom. The molecule has 2 N–H and O–H groups in total. The number of rotatable bonds is 3. The Kier molecular flexibility index (Phi) is 4.39. The van der Waals surface area contributed by atoms with Crippen LogP contribution in [-0.2, 0) is 4.79 Å². The molecule has 1 heterocycles. The van der Waals surface area contributed by atoms with Crippen LogP contribution in [0.3, 0.4) is 0 Å². The largest absolute Gasteiger partial charge is 0.319 e. The zero-order valence-corrected chi connectivity index (χ0v) is 13.2. The second-order valence-electron chi connectivity index (χ2n) is 4.66. The van der Waals surface area contributed by atoms with Crippen LogP contribution >= 0.6 is 15.9 Å². The van der Waals surface area contributed by atoms with Gasteiger partial charge in [0, 0.05) is 10.5 Å². The normalized spacial score (nSPS) is 11.0. The molecule has 0 aliphatic heterocycles. The smallest absolute Gasteiger partial charge is 0.248 e. The Morgan fingerprint density at radius 3 is 2.70 bits per heavy atom. The van der Waals surface area contributed by atoms with Crippen LogP contribution in [0.15, 0.2) is 28.7 Å². The highest BCUT2D eigenvalue weighted by Gasteiger charge is 2.08. The molecule has 4 nitrogen and oxygen atoms in total. The van der Waals surface area contributed by atoms with Crippen LogP contribution in [0.1, 0.15) is 22.5 Å². The maximum absolute atomic E-state index is 11.9. The summed E-state index contributed by atoms with van der Waals surface area (Å²) in [4.78, 5) is 11.9. The third kappa shape index (κ3) is 3.36. The van der Waals surface area contributed by atoms with Gasteiger partial charge in [-0.25, -0.2) is 0 Å². The first-order valence-corrected chi connectivity index (χ1v) is 7.03. The molecule has 20 heavy (non-hydrogen) atoms. The molecule has 0 aliphatic carbocycles. The van der Waals surface area contributed by atoms with Crippen molar-refractivity contribution in [1.29, 1.82) is 0 Å². The SMILES string of the molecule is Cc1ccc(/C=C/C(=O)Nc2c(C)n[nH]c2C)c(Br)c1. The standard InChI is InChI=1S/C15H16BrN3O/c1-9-4-5-12(13(16)8-9)6-7-14(20)17-15-10(2)18-19-11(15)3/h4-8H,1-3H3,(H,17,20)(H,18,19)/b7-6+. The van der Waals surface area contributed by atoms with Crippen LogP contribution in [0.2, 0.25) is 0 Å². The molecule has 2 aromatic rings. The van der Waals surface area contributed by atoms with Crippen LogP contribution in [0.5, 0.6) is 0 Å². The highest BCUT2D eigenvalue weighted by atomic mass is 79.9. The molecule has 0 fully saturated rings. The maximum Gasteiger partial charge on any atom is 0.248 e. The van der Waals surface area contributed by atoms with Crippen LogP contribution in [0.25, 0.3) is 6.08 Å². The van der Waals surface area contributed by atoms with Crippen molar-refractivity contribution in [3.05, 3.63) is 51.3 Å². The number of carbonyl (C=O) groups is 1. The summed E-state index contributed by atoms with van der Waals surface area (Å²) in [7, 11) is 0. The van der Waals surface area contributed by atoms with Crippen LogP contribution in [0.4, 0.5) is 5.69 Å². The number of aromatic nitrogens is 2. The Bertz CT molecular complexity index is 654. The second-order valence-corrected chi connectivity index (χ2v) is 5.51. The first kappa shape index (κ1) is 14.5. The number of aromatic amines is 1. The Labute approximate surface area is 126 Å². The zero-order valence-electron chi connectivity index (χ0n) is 11.6. The molecule has 5 heteroatoms. The van der Waals surface area contributed by atoms with Gasteiger partial charge in [-0.3, -0.25) is 9.89 Å². The van der Waals surface area contributed by atoms with E-state index < -0.39 is 0 Å². The molecular formula is C15H16BrN3O. The molecule has 0 saturated heterocycles. The lowest BCUT2D eigenvalue weighted by Crippen LogP contribution is -2.09. The molecule has 0 bridgehead atoms. The number of amides is 1. The third-order valence-corrected chi connectivity index (χ3v) is 3.63. The van der Waals surface area contributed by atoms with E-state index >= 15 is 0 Å². The second kappa shape index (κ2) is 6.05. The number of nitrogens with zero attached hydrogens (tertiary/aromatic N) is 1. The minimum Gasteiger partial charge on any atom is -0.319 e. The lowest BCUT2D eigenvalue weighted by atomic mass is 10.1. The zero-order chi connectivity index (χ0) is 14.7. The van der Waals surface area contributed by atoms with Gasteiger partial charge in [0.25, 0.3) is 0 Å². The molecule has 0 atom stereocenters. The fourth-order valence-corrected chi connectivity index (χ4v) is 2.46.